The normalized spacial score (nSPS) is 22.6. The number of imide groups is 1. The molecule has 2 N–H and O–H groups in total. The molecule has 0 saturated carbocycles. The summed E-state index contributed by atoms with van der Waals surface area (Å²) in [5, 5.41) is 21.3. The Hall–Kier alpha value is -4.43. The second-order valence-electron chi connectivity index (χ2n) is 13.8. The third kappa shape index (κ3) is 7.27. The summed E-state index contributed by atoms with van der Waals surface area (Å²) in [6, 6.07) is 9.94. The molecule has 2 amide bonds. The number of alkyl halides is 6. The van der Waals surface area contributed by atoms with Gasteiger partial charge in [0.05, 0.1) is 40.4 Å². The van der Waals surface area contributed by atoms with Gasteiger partial charge in [0.15, 0.2) is 0 Å². The van der Waals surface area contributed by atoms with Crippen molar-refractivity contribution in [1.82, 2.24) is 4.98 Å². The highest BCUT2D eigenvalue weighted by Gasteiger charge is 2.58. The SMILES string of the molecule is CCCC1=C2[C@@H](CC/C(=C/c3cc(C)c(O)c(C)c3)c3ccccn3)OB(O)C[C@@H]2[C@@H]2C(=O)N(c3cc(C(F)(F)F)cc(C(F)(F)F)c3)C(=O)[C@@H]2C1. The maximum Gasteiger partial charge on any atom is 0.455 e. The fraction of sp³-hybridized carbons (Fsp3) is 0.395. The average molecular weight is 727 g/mol. The third-order valence-electron chi connectivity index (χ3n) is 10.2. The number of pyridine rings is 1. The number of phenolic OH excluding ortho intramolecular Hbond substituents is 1. The fourth-order valence-corrected chi connectivity index (χ4v) is 8.01. The first kappa shape index (κ1) is 37.3. The number of phenols is 1. The van der Waals surface area contributed by atoms with E-state index in [2.05, 4.69) is 4.98 Å². The zero-order chi connectivity index (χ0) is 37.7. The highest BCUT2D eigenvalue weighted by molar-refractivity contribution is 6.43. The molecule has 52 heavy (non-hydrogen) atoms. The van der Waals surface area contributed by atoms with Gasteiger partial charge in [0.2, 0.25) is 11.8 Å². The summed E-state index contributed by atoms with van der Waals surface area (Å²) in [5.74, 6) is -4.43. The van der Waals surface area contributed by atoms with Crippen LogP contribution in [0.1, 0.15) is 72.5 Å². The number of aryl methyl sites for hydroxylation is 2. The molecule has 3 aliphatic rings. The maximum absolute atomic E-state index is 14.1. The molecule has 2 fully saturated rings. The van der Waals surface area contributed by atoms with Gasteiger partial charge in [0, 0.05) is 6.20 Å². The van der Waals surface area contributed by atoms with Crippen LogP contribution in [-0.2, 0) is 26.6 Å². The molecule has 2 saturated heterocycles. The van der Waals surface area contributed by atoms with E-state index in [4.69, 9.17) is 4.65 Å². The Kier molecular flexibility index (Phi) is 10.2. The van der Waals surface area contributed by atoms with E-state index >= 15 is 0 Å². The molecule has 0 unspecified atom stereocenters. The second kappa shape index (κ2) is 14.2. The fourth-order valence-electron chi connectivity index (χ4n) is 8.01. The van der Waals surface area contributed by atoms with Gasteiger partial charge in [-0.3, -0.25) is 14.6 Å². The molecular weight excluding hydrogens is 689 g/mol. The van der Waals surface area contributed by atoms with Crippen LogP contribution in [0.5, 0.6) is 5.75 Å². The van der Waals surface area contributed by atoms with Gasteiger partial charge in [-0.25, -0.2) is 4.90 Å². The van der Waals surface area contributed by atoms with Crippen molar-refractivity contribution in [2.75, 3.05) is 4.90 Å². The lowest BCUT2D eigenvalue weighted by Crippen LogP contribution is -2.46. The van der Waals surface area contributed by atoms with E-state index in [1.165, 1.54) is 0 Å². The number of halogens is 6. The van der Waals surface area contributed by atoms with Crippen LogP contribution in [0.25, 0.3) is 11.6 Å². The van der Waals surface area contributed by atoms with Crippen molar-refractivity contribution in [3.05, 3.63) is 99.4 Å². The Morgan fingerprint density at radius 1 is 0.981 bits per heavy atom. The van der Waals surface area contributed by atoms with Crippen molar-refractivity contribution in [2.24, 2.45) is 17.8 Å². The van der Waals surface area contributed by atoms with Crippen molar-refractivity contribution in [1.29, 1.82) is 0 Å². The predicted octanol–water partition coefficient (Wildman–Crippen LogP) is 8.56. The first-order chi connectivity index (χ1) is 24.5. The monoisotopic (exact) mass is 726 g/mol. The molecule has 3 heterocycles. The minimum absolute atomic E-state index is 0.0440. The number of aromatic nitrogens is 1. The van der Waals surface area contributed by atoms with Gasteiger partial charge in [-0.1, -0.05) is 25.0 Å². The summed E-state index contributed by atoms with van der Waals surface area (Å²) in [6.45, 7) is 5.53. The van der Waals surface area contributed by atoms with Crippen molar-refractivity contribution in [2.45, 2.75) is 77.7 Å². The molecule has 274 valence electrons. The largest absolute Gasteiger partial charge is 0.507 e. The number of carbonyl (C=O) groups is 2. The number of allylic oxidation sites excluding steroid dienone is 2. The van der Waals surface area contributed by atoms with Gasteiger partial charge < -0.3 is 14.8 Å². The highest BCUT2D eigenvalue weighted by Crippen LogP contribution is 2.53. The Balaban J connectivity index is 1.36. The summed E-state index contributed by atoms with van der Waals surface area (Å²) < 4.78 is 88.6. The van der Waals surface area contributed by atoms with E-state index < -0.39 is 72.0 Å². The lowest BCUT2D eigenvalue weighted by molar-refractivity contribution is -0.143. The second-order valence-corrected chi connectivity index (χ2v) is 13.8. The minimum Gasteiger partial charge on any atom is -0.507 e. The number of nitrogens with zero attached hydrogens (tertiary/aromatic N) is 2. The van der Waals surface area contributed by atoms with E-state index in [-0.39, 0.29) is 24.6 Å². The minimum atomic E-state index is -5.17. The molecule has 7 nitrogen and oxygen atoms in total. The van der Waals surface area contributed by atoms with Crippen LogP contribution >= 0.6 is 0 Å². The summed E-state index contributed by atoms with van der Waals surface area (Å²) in [5.41, 5.74) is 1.28. The third-order valence-corrected chi connectivity index (χ3v) is 10.2. The van der Waals surface area contributed by atoms with Gasteiger partial charge in [-0.05, 0) is 128 Å². The molecule has 4 atom stereocenters. The number of rotatable bonds is 8. The Morgan fingerprint density at radius 2 is 1.63 bits per heavy atom. The molecule has 1 aliphatic carbocycles. The Morgan fingerprint density at radius 3 is 2.21 bits per heavy atom. The van der Waals surface area contributed by atoms with Crippen LogP contribution in [-0.4, -0.2) is 40.2 Å². The highest BCUT2D eigenvalue weighted by atomic mass is 19.4. The number of anilines is 1. The van der Waals surface area contributed by atoms with Gasteiger partial charge in [0.25, 0.3) is 0 Å². The molecule has 0 spiro atoms. The standard InChI is InChI=1S/C38H37BF6N2O5/c1-4-7-24-15-28-33(36(50)47(35(28)49)27-17-25(37(40,41)42)16-26(18-27)38(43,44)45)29-19-39(51)52-31(32(24)29)10-9-23(30-8-5-6-11-46-30)14-22-12-20(2)34(48)21(3)13-22/h5-6,8,11-14,16-18,28-29,31,33,48,51H,4,7,9-10,15,19H2,1-3H3/b23-14-/t28-,29+,31-,33-/m1/s1. The number of hydrogen-bond donors (Lipinski definition) is 2. The molecule has 6 rings (SSSR count). The number of amides is 2. The number of benzene rings is 2. The molecule has 3 aromatic rings. The van der Waals surface area contributed by atoms with Crippen molar-refractivity contribution in [3.63, 3.8) is 0 Å². The quantitative estimate of drug-likeness (QED) is 0.105. The number of carbonyl (C=O) groups excluding carboxylic acids is 2. The van der Waals surface area contributed by atoms with Crippen LogP contribution in [0, 0.1) is 31.6 Å². The van der Waals surface area contributed by atoms with E-state index in [9.17, 15) is 46.1 Å². The van der Waals surface area contributed by atoms with Crippen LogP contribution < -0.4 is 4.90 Å². The Labute approximate surface area is 297 Å². The molecule has 2 aromatic carbocycles. The Bertz CT molecular complexity index is 1890. The zero-order valence-corrected chi connectivity index (χ0v) is 28.7. The van der Waals surface area contributed by atoms with E-state index in [1.807, 2.05) is 37.3 Å². The van der Waals surface area contributed by atoms with Gasteiger partial charge in [0.1, 0.15) is 5.75 Å². The van der Waals surface area contributed by atoms with E-state index in [0.717, 1.165) is 22.3 Å². The summed E-state index contributed by atoms with van der Waals surface area (Å²) in [6.07, 6.45) is -5.49. The zero-order valence-electron chi connectivity index (χ0n) is 28.7. The van der Waals surface area contributed by atoms with Crippen molar-refractivity contribution >= 4 is 36.3 Å². The molecular formula is C38H37BF6N2O5. The van der Waals surface area contributed by atoms with Gasteiger partial charge in [-0.2, -0.15) is 26.3 Å². The number of aromatic hydroxyl groups is 1. The van der Waals surface area contributed by atoms with Crippen LogP contribution in [0.2, 0.25) is 6.32 Å². The van der Waals surface area contributed by atoms with E-state index in [0.29, 0.717) is 59.5 Å². The predicted molar refractivity (Wildman–Crippen MR) is 183 cm³/mol. The molecule has 0 bridgehead atoms. The smallest absolute Gasteiger partial charge is 0.455 e. The van der Waals surface area contributed by atoms with Crippen molar-refractivity contribution < 1.29 is 50.7 Å². The maximum atomic E-state index is 14.1. The summed E-state index contributed by atoms with van der Waals surface area (Å²) in [7, 11) is -1.34. The van der Waals surface area contributed by atoms with Crippen LogP contribution in [0.4, 0.5) is 32.0 Å². The number of hydrogen-bond acceptors (Lipinski definition) is 6. The first-order valence-corrected chi connectivity index (χ1v) is 17.1. The number of fused-ring (bicyclic) bond motifs is 3. The molecule has 14 heteroatoms. The first-order valence-electron chi connectivity index (χ1n) is 17.1. The lowest BCUT2D eigenvalue weighted by Gasteiger charge is -2.43. The van der Waals surface area contributed by atoms with Crippen molar-refractivity contribution in [3.8, 4) is 5.75 Å². The molecule has 0 radical (unpaired) electrons. The van der Waals surface area contributed by atoms with Crippen LogP contribution in [0.3, 0.4) is 0 Å². The molecule has 2 aliphatic heterocycles. The molecule has 1 aromatic heterocycles. The summed E-state index contributed by atoms with van der Waals surface area (Å²) >= 11 is 0. The van der Waals surface area contributed by atoms with Gasteiger partial charge in [-0.15, -0.1) is 0 Å². The lowest BCUT2D eigenvalue weighted by atomic mass is 9.58. The van der Waals surface area contributed by atoms with Crippen LogP contribution in [0.15, 0.2) is 65.9 Å². The summed E-state index contributed by atoms with van der Waals surface area (Å²) in [4.78, 5) is 33.0. The van der Waals surface area contributed by atoms with E-state index in [1.54, 1.807) is 26.1 Å². The van der Waals surface area contributed by atoms with Gasteiger partial charge >= 0.3 is 19.5 Å². The topological polar surface area (TPSA) is 100.0 Å². The average Bonchev–Trinajstić information content (AvgIpc) is 3.33.